The first-order valence-corrected chi connectivity index (χ1v) is 5.42. The Morgan fingerprint density at radius 1 is 1.12 bits per heavy atom. The van der Waals surface area contributed by atoms with Gasteiger partial charge in [-0.1, -0.05) is 20.8 Å². The minimum absolute atomic E-state index is 0.0112. The zero-order valence-electron chi connectivity index (χ0n) is 10.8. The molecule has 94 valence electrons. The van der Waals surface area contributed by atoms with Gasteiger partial charge in [-0.25, -0.2) is 4.79 Å². The van der Waals surface area contributed by atoms with Gasteiger partial charge in [0.05, 0.1) is 5.54 Å². The molecule has 5 nitrogen and oxygen atoms in total. The highest BCUT2D eigenvalue weighted by Gasteiger charge is 2.36. The smallest absolute Gasteiger partial charge is 0.315 e. The molecule has 0 aliphatic rings. The predicted octanol–water partition coefficient (Wildman–Crippen LogP) is 0.638. The Bertz CT molecular complexity index is 267. The Morgan fingerprint density at radius 2 is 1.62 bits per heavy atom. The lowest BCUT2D eigenvalue weighted by Gasteiger charge is -2.31. The summed E-state index contributed by atoms with van der Waals surface area (Å²) >= 11 is 0. The van der Waals surface area contributed by atoms with Crippen molar-refractivity contribution >= 4 is 11.8 Å². The second-order valence-corrected chi connectivity index (χ2v) is 5.37. The van der Waals surface area contributed by atoms with E-state index in [9.17, 15) is 9.59 Å². The van der Waals surface area contributed by atoms with Gasteiger partial charge in [-0.15, -0.1) is 0 Å². The van der Waals surface area contributed by atoms with Gasteiger partial charge >= 0.3 is 6.03 Å². The van der Waals surface area contributed by atoms with Gasteiger partial charge in [-0.3, -0.25) is 4.79 Å². The molecule has 0 fully saturated rings. The van der Waals surface area contributed by atoms with Crippen LogP contribution in [0.2, 0.25) is 0 Å². The predicted molar refractivity (Wildman–Crippen MR) is 64.1 cm³/mol. The molecule has 0 aromatic heterocycles. The van der Waals surface area contributed by atoms with Gasteiger partial charge in [0.2, 0.25) is 0 Å². The maximum atomic E-state index is 12.0. The van der Waals surface area contributed by atoms with Crippen LogP contribution in [0.25, 0.3) is 0 Å². The highest BCUT2D eigenvalue weighted by molar-refractivity contribution is 5.95. The molecule has 16 heavy (non-hydrogen) atoms. The average molecular weight is 229 g/mol. The van der Waals surface area contributed by atoms with Crippen LogP contribution in [-0.2, 0) is 4.79 Å². The van der Waals surface area contributed by atoms with Crippen molar-refractivity contribution < 1.29 is 9.59 Å². The molecule has 0 rings (SSSR count). The third-order valence-electron chi connectivity index (χ3n) is 2.10. The number of carbonyl (C=O) groups excluding carboxylic acids is 2. The number of hydrogen-bond acceptors (Lipinski definition) is 3. The molecule has 5 heteroatoms. The van der Waals surface area contributed by atoms with E-state index in [1.165, 1.54) is 0 Å². The Kier molecular flexibility index (Phi) is 4.93. The van der Waals surface area contributed by atoms with Crippen molar-refractivity contribution in [3.05, 3.63) is 0 Å². The summed E-state index contributed by atoms with van der Waals surface area (Å²) < 4.78 is 0. The number of amides is 2. The number of carbonyl (C=O) groups is 2. The minimum Gasteiger partial charge on any atom is -0.337 e. The first kappa shape index (κ1) is 14.9. The lowest BCUT2D eigenvalue weighted by molar-refractivity contribution is -0.131. The zero-order valence-corrected chi connectivity index (χ0v) is 10.8. The molecule has 0 heterocycles. The SMILES string of the molecule is CC(C)(C)C(=O)C(C)(C)NC(=O)NCCN. The molecular weight excluding hydrogens is 206 g/mol. The van der Waals surface area contributed by atoms with E-state index in [-0.39, 0.29) is 11.8 Å². The number of Topliss-reactive ketones (excluding diaryl/α,β-unsaturated/α-hetero) is 1. The van der Waals surface area contributed by atoms with Gasteiger partial charge in [0.15, 0.2) is 5.78 Å². The fourth-order valence-corrected chi connectivity index (χ4v) is 1.51. The highest BCUT2D eigenvalue weighted by Crippen LogP contribution is 2.22. The molecule has 4 N–H and O–H groups in total. The van der Waals surface area contributed by atoms with Crippen LogP contribution in [0.5, 0.6) is 0 Å². The van der Waals surface area contributed by atoms with E-state index >= 15 is 0 Å². The summed E-state index contributed by atoms with van der Waals surface area (Å²) in [7, 11) is 0. The van der Waals surface area contributed by atoms with E-state index < -0.39 is 11.0 Å². The number of nitrogens with two attached hydrogens (primary N) is 1. The topological polar surface area (TPSA) is 84.2 Å². The van der Waals surface area contributed by atoms with E-state index in [1.54, 1.807) is 13.8 Å². The summed E-state index contributed by atoms with van der Waals surface area (Å²) in [4.78, 5) is 23.4. The lowest BCUT2D eigenvalue weighted by atomic mass is 9.80. The standard InChI is InChI=1S/C11H23N3O2/c1-10(2,3)8(15)11(4,5)14-9(16)13-7-6-12/h6-7,12H2,1-5H3,(H2,13,14,16). The van der Waals surface area contributed by atoms with Crippen LogP contribution in [0.3, 0.4) is 0 Å². The third kappa shape index (κ3) is 4.61. The van der Waals surface area contributed by atoms with Crippen molar-refractivity contribution in [3.63, 3.8) is 0 Å². The fourth-order valence-electron chi connectivity index (χ4n) is 1.51. The summed E-state index contributed by atoms with van der Waals surface area (Å²) in [6.07, 6.45) is 0. The van der Waals surface area contributed by atoms with Crippen molar-refractivity contribution in [3.8, 4) is 0 Å². The van der Waals surface area contributed by atoms with Gasteiger partial charge in [-0.2, -0.15) is 0 Å². The van der Waals surface area contributed by atoms with Crippen LogP contribution in [-0.4, -0.2) is 30.4 Å². The molecule has 0 saturated heterocycles. The molecule has 0 aliphatic heterocycles. The van der Waals surface area contributed by atoms with Gasteiger partial charge in [0.1, 0.15) is 0 Å². The second kappa shape index (κ2) is 5.30. The molecule has 0 aromatic rings. The summed E-state index contributed by atoms with van der Waals surface area (Å²) in [5, 5.41) is 5.21. The first-order valence-electron chi connectivity index (χ1n) is 5.42. The van der Waals surface area contributed by atoms with Crippen molar-refractivity contribution in [1.29, 1.82) is 0 Å². The number of nitrogens with one attached hydrogen (secondary N) is 2. The molecule has 0 aliphatic carbocycles. The van der Waals surface area contributed by atoms with Crippen LogP contribution >= 0.6 is 0 Å². The summed E-state index contributed by atoms with van der Waals surface area (Å²) in [5.41, 5.74) is 3.90. The van der Waals surface area contributed by atoms with Crippen LogP contribution < -0.4 is 16.4 Å². The first-order chi connectivity index (χ1) is 7.11. The average Bonchev–Trinajstić information content (AvgIpc) is 2.11. The molecule has 0 atom stereocenters. The molecular formula is C11H23N3O2. The van der Waals surface area contributed by atoms with E-state index in [4.69, 9.17) is 5.73 Å². The quantitative estimate of drug-likeness (QED) is 0.661. The van der Waals surface area contributed by atoms with Crippen LogP contribution in [0.15, 0.2) is 0 Å². The lowest BCUT2D eigenvalue weighted by Crippen LogP contribution is -2.56. The minimum atomic E-state index is -0.878. The molecule has 0 saturated carbocycles. The highest BCUT2D eigenvalue weighted by atomic mass is 16.2. The van der Waals surface area contributed by atoms with Crippen molar-refractivity contribution in [1.82, 2.24) is 10.6 Å². The van der Waals surface area contributed by atoms with Crippen LogP contribution in [0.4, 0.5) is 4.79 Å². The van der Waals surface area contributed by atoms with E-state index in [2.05, 4.69) is 10.6 Å². The fraction of sp³-hybridized carbons (Fsp3) is 0.818. The monoisotopic (exact) mass is 229 g/mol. The number of rotatable bonds is 4. The Hall–Kier alpha value is -1.10. The molecule has 2 amide bonds. The van der Waals surface area contributed by atoms with Gasteiger partial charge in [0.25, 0.3) is 0 Å². The molecule has 0 aromatic carbocycles. The van der Waals surface area contributed by atoms with Crippen molar-refractivity contribution in [2.75, 3.05) is 13.1 Å². The molecule has 0 spiro atoms. The molecule has 0 radical (unpaired) electrons. The maximum Gasteiger partial charge on any atom is 0.315 e. The van der Waals surface area contributed by atoms with Crippen LogP contribution in [0, 0.1) is 5.41 Å². The Labute approximate surface area is 97.2 Å². The van der Waals surface area contributed by atoms with Gasteiger partial charge < -0.3 is 16.4 Å². The van der Waals surface area contributed by atoms with Gasteiger partial charge in [-0.05, 0) is 13.8 Å². The second-order valence-electron chi connectivity index (χ2n) is 5.37. The summed E-state index contributed by atoms with van der Waals surface area (Å²) in [6.45, 7) is 9.65. The van der Waals surface area contributed by atoms with E-state index in [0.717, 1.165) is 0 Å². The number of ketones is 1. The third-order valence-corrected chi connectivity index (χ3v) is 2.10. The largest absolute Gasteiger partial charge is 0.337 e. The number of hydrogen-bond donors (Lipinski definition) is 3. The van der Waals surface area contributed by atoms with E-state index in [0.29, 0.717) is 13.1 Å². The summed E-state index contributed by atoms with van der Waals surface area (Å²) in [5.74, 6) is -0.0112. The van der Waals surface area contributed by atoms with E-state index in [1.807, 2.05) is 20.8 Å². The van der Waals surface area contributed by atoms with Crippen LogP contribution in [0.1, 0.15) is 34.6 Å². The van der Waals surface area contributed by atoms with Crippen molar-refractivity contribution in [2.24, 2.45) is 11.1 Å². The summed E-state index contributed by atoms with van der Waals surface area (Å²) in [6, 6.07) is -0.368. The normalized spacial score (nSPS) is 12.1. The van der Waals surface area contributed by atoms with Crippen molar-refractivity contribution in [2.45, 2.75) is 40.2 Å². The maximum absolute atomic E-state index is 12.0. The molecule has 0 unspecified atom stereocenters. The Balaban J connectivity index is 4.45. The Morgan fingerprint density at radius 3 is 2.00 bits per heavy atom. The van der Waals surface area contributed by atoms with Gasteiger partial charge in [0, 0.05) is 18.5 Å². The molecule has 0 bridgehead atoms. The number of urea groups is 1. The zero-order chi connectivity index (χ0) is 13.0.